The normalized spacial score (nSPS) is 14.6. The Kier molecular flexibility index (Phi) is 6.72. The highest BCUT2D eigenvalue weighted by Crippen LogP contribution is 2.15. The molecule has 1 heterocycles. The fourth-order valence-electron chi connectivity index (χ4n) is 3.44. The monoisotopic (exact) mass is 398 g/mol. The quantitative estimate of drug-likeness (QED) is 0.726. The molecular weight excluding hydrogens is 375 g/mol. The van der Waals surface area contributed by atoms with Crippen LogP contribution in [0.1, 0.15) is 43.9 Å². The molecule has 0 spiro atoms. The Morgan fingerprint density at radius 3 is 2.14 bits per heavy atom. The molecule has 152 valence electrons. The van der Waals surface area contributed by atoms with Crippen LogP contribution in [-0.4, -0.2) is 65.3 Å². The van der Waals surface area contributed by atoms with Crippen molar-refractivity contribution in [2.45, 2.75) is 12.8 Å². The Labute approximate surface area is 168 Å². The largest absolute Gasteiger partial charge is 0.478 e. The van der Waals surface area contributed by atoms with Crippen LogP contribution in [0.5, 0.6) is 0 Å². The molecule has 1 aliphatic rings. The first-order valence-electron chi connectivity index (χ1n) is 9.58. The number of hydrogen-bond donors (Lipinski definition) is 1. The molecular formula is C22H23FN2O4. The highest BCUT2D eigenvalue weighted by atomic mass is 19.1. The Morgan fingerprint density at radius 1 is 0.897 bits per heavy atom. The zero-order valence-electron chi connectivity index (χ0n) is 16.0. The summed E-state index contributed by atoms with van der Waals surface area (Å²) in [5, 5.41) is 9.27. The summed E-state index contributed by atoms with van der Waals surface area (Å²) in [7, 11) is 0. The number of benzene rings is 2. The van der Waals surface area contributed by atoms with Crippen molar-refractivity contribution in [2.24, 2.45) is 0 Å². The van der Waals surface area contributed by atoms with Crippen molar-refractivity contribution in [3.8, 4) is 0 Å². The fourth-order valence-corrected chi connectivity index (χ4v) is 3.44. The number of nitrogens with zero attached hydrogens (tertiary/aromatic N) is 2. The number of amides is 1. The number of carboxylic acid groups (broad SMARTS) is 1. The Hall–Kier alpha value is -3.06. The molecule has 1 fully saturated rings. The van der Waals surface area contributed by atoms with Gasteiger partial charge in [0.1, 0.15) is 5.82 Å². The minimum Gasteiger partial charge on any atom is -0.478 e. The Bertz CT molecular complexity index is 890. The second-order valence-corrected chi connectivity index (χ2v) is 7.02. The van der Waals surface area contributed by atoms with Crippen molar-refractivity contribution in [2.75, 3.05) is 32.7 Å². The number of carbonyl (C=O) groups is 3. The van der Waals surface area contributed by atoms with Crippen LogP contribution in [0.15, 0.2) is 48.5 Å². The lowest BCUT2D eigenvalue weighted by Gasteiger charge is -2.35. The van der Waals surface area contributed by atoms with Crippen LogP contribution < -0.4 is 0 Å². The molecule has 2 aromatic carbocycles. The zero-order chi connectivity index (χ0) is 20.8. The van der Waals surface area contributed by atoms with E-state index in [1.54, 1.807) is 23.1 Å². The van der Waals surface area contributed by atoms with Crippen LogP contribution in [-0.2, 0) is 0 Å². The topological polar surface area (TPSA) is 77.9 Å². The summed E-state index contributed by atoms with van der Waals surface area (Å²) in [4.78, 5) is 40.0. The van der Waals surface area contributed by atoms with Crippen LogP contribution >= 0.6 is 0 Å². The standard InChI is InChI=1S/C22H23FN2O4/c23-17-9-7-16(8-10-17)20(26)6-3-11-24-12-14-25(15-13-24)21(27)18-4-1-2-5-19(18)22(28)29/h1-2,4-5,7-10H,3,6,11-15H2,(H,28,29). The van der Waals surface area contributed by atoms with E-state index in [1.807, 2.05) is 0 Å². The summed E-state index contributed by atoms with van der Waals surface area (Å²) in [5.74, 6) is -1.75. The van der Waals surface area contributed by atoms with Gasteiger partial charge >= 0.3 is 5.97 Å². The maximum absolute atomic E-state index is 12.9. The summed E-state index contributed by atoms with van der Waals surface area (Å²) in [6, 6.07) is 11.8. The molecule has 2 aromatic rings. The number of Topliss-reactive ketones (excluding diaryl/α,β-unsaturated/α-hetero) is 1. The molecule has 29 heavy (non-hydrogen) atoms. The molecule has 1 amide bonds. The molecule has 7 heteroatoms. The maximum Gasteiger partial charge on any atom is 0.336 e. The molecule has 0 radical (unpaired) electrons. The Balaban J connectivity index is 1.46. The van der Waals surface area contributed by atoms with Crippen molar-refractivity contribution in [1.29, 1.82) is 0 Å². The number of ketones is 1. The van der Waals surface area contributed by atoms with E-state index in [-0.39, 0.29) is 28.6 Å². The summed E-state index contributed by atoms with van der Waals surface area (Å²) in [6.07, 6.45) is 1.07. The molecule has 0 aliphatic carbocycles. The van der Waals surface area contributed by atoms with Crippen LogP contribution in [0.4, 0.5) is 4.39 Å². The number of hydrogen-bond acceptors (Lipinski definition) is 4. The molecule has 0 saturated carbocycles. The van der Waals surface area contributed by atoms with Gasteiger partial charge in [0.15, 0.2) is 5.78 Å². The van der Waals surface area contributed by atoms with Crippen molar-refractivity contribution < 1.29 is 23.9 Å². The van der Waals surface area contributed by atoms with Crippen LogP contribution in [0, 0.1) is 5.82 Å². The van der Waals surface area contributed by atoms with Gasteiger partial charge in [-0.25, -0.2) is 9.18 Å². The first-order valence-corrected chi connectivity index (χ1v) is 9.58. The SMILES string of the molecule is O=C(CCCN1CCN(C(=O)c2ccccc2C(=O)O)CC1)c1ccc(F)cc1. The van der Waals surface area contributed by atoms with Gasteiger partial charge in [0, 0.05) is 38.2 Å². The van der Waals surface area contributed by atoms with Gasteiger partial charge in [-0.2, -0.15) is 0 Å². The number of piperazine rings is 1. The second-order valence-electron chi connectivity index (χ2n) is 7.02. The van der Waals surface area contributed by atoms with E-state index in [4.69, 9.17) is 0 Å². The number of carboxylic acids is 1. The molecule has 0 atom stereocenters. The molecule has 1 aliphatic heterocycles. The van der Waals surface area contributed by atoms with E-state index in [1.165, 1.54) is 30.3 Å². The van der Waals surface area contributed by atoms with Gasteiger partial charge in [-0.15, -0.1) is 0 Å². The number of carbonyl (C=O) groups excluding carboxylic acids is 2. The number of halogens is 1. The molecule has 3 rings (SSSR count). The number of rotatable bonds is 7. The van der Waals surface area contributed by atoms with Gasteiger partial charge in [-0.3, -0.25) is 14.5 Å². The van der Waals surface area contributed by atoms with Gasteiger partial charge in [-0.1, -0.05) is 12.1 Å². The predicted octanol–water partition coefficient (Wildman–Crippen LogP) is 2.94. The van der Waals surface area contributed by atoms with Crippen molar-refractivity contribution >= 4 is 17.7 Å². The maximum atomic E-state index is 12.9. The molecule has 0 aromatic heterocycles. The van der Waals surface area contributed by atoms with Crippen LogP contribution in [0.25, 0.3) is 0 Å². The lowest BCUT2D eigenvalue weighted by molar-refractivity contribution is 0.0614. The van der Waals surface area contributed by atoms with Gasteiger partial charge in [-0.05, 0) is 49.4 Å². The number of aromatic carboxylic acids is 1. The van der Waals surface area contributed by atoms with Crippen LogP contribution in [0.2, 0.25) is 0 Å². The van der Waals surface area contributed by atoms with Gasteiger partial charge in [0.2, 0.25) is 0 Å². The molecule has 1 saturated heterocycles. The minimum absolute atomic E-state index is 0.0101. The molecule has 0 bridgehead atoms. The van der Waals surface area contributed by atoms with E-state index in [0.29, 0.717) is 44.6 Å². The highest BCUT2D eigenvalue weighted by molar-refractivity contribution is 6.04. The third kappa shape index (κ3) is 5.26. The average Bonchev–Trinajstić information content (AvgIpc) is 2.74. The van der Waals surface area contributed by atoms with E-state index in [9.17, 15) is 23.9 Å². The van der Waals surface area contributed by atoms with Crippen molar-refractivity contribution in [3.63, 3.8) is 0 Å². The van der Waals surface area contributed by atoms with Crippen molar-refractivity contribution in [1.82, 2.24) is 9.80 Å². The third-order valence-corrected chi connectivity index (χ3v) is 5.09. The minimum atomic E-state index is -1.11. The van der Waals surface area contributed by atoms with Gasteiger partial charge < -0.3 is 10.0 Å². The third-order valence-electron chi connectivity index (χ3n) is 5.09. The van der Waals surface area contributed by atoms with E-state index < -0.39 is 5.97 Å². The summed E-state index contributed by atoms with van der Waals surface area (Å²) in [6.45, 7) is 3.11. The van der Waals surface area contributed by atoms with Gasteiger partial charge in [0.25, 0.3) is 5.91 Å². The van der Waals surface area contributed by atoms with Crippen molar-refractivity contribution in [3.05, 3.63) is 71.0 Å². The predicted molar refractivity (Wildman–Crippen MR) is 106 cm³/mol. The molecule has 0 unspecified atom stereocenters. The lowest BCUT2D eigenvalue weighted by atomic mass is 10.1. The highest BCUT2D eigenvalue weighted by Gasteiger charge is 2.25. The van der Waals surface area contributed by atoms with Crippen LogP contribution in [0.3, 0.4) is 0 Å². The van der Waals surface area contributed by atoms with E-state index in [0.717, 1.165) is 6.54 Å². The van der Waals surface area contributed by atoms with E-state index in [2.05, 4.69) is 4.90 Å². The summed E-state index contributed by atoms with van der Waals surface area (Å²) < 4.78 is 12.9. The molecule has 6 nitrogen and oxygen atoms in total. The lowest BCUT2D eigenvalue weighted by Crippen LogP contribution is -2.49. The first kappa shape index (κ1) is 20.7. The van der Waals surface area contributed by atoms with E-state index >= 15 is 0 Å². The first-order chi connectivity index (χ1) is 14.0. The Morgan fingerprint density at radius 2 is 1.52 bits per heavy atom. The second kappa shape index (κ2) is 9.43. The average molecular weight is 398 g/mol. The summed E-state index contributed by atoms with van der Waals surface area (Å²) in [5.41, 5.74) is 0.733. The smallest absolute Gasteiger partial charge is 0.336 e. The molecule has 1 N–H and O–H groups in total. The fraction of sp³-hybridized carbons (Fsp3) is 0.318. The van der Waals surface area contributed by atoms with Gasteiger partial charge in [0.05, 0.1) is 11.1 Å². The zero-order valence-corrected chi connectivity index (χ0v) is 16.0. The summed E-state index contributed by atoms with van der Waals surface area (Å²) >= 11 is 0.